The number of rotatable bonds is 5. The summed E-state index contributed by atoms with van der Waals surface area (Å²) in [5.74, 6) is -0.437. The van der Waals surface area contributed by atoms with Crippen molar-refractivity contribution in [3.05, 3.63) is 62.3 Å². The topological polar surface area (TPSA) is 15.6 Å². The fraction of sp³-hybridized carbons (Fsp3) is 0.235. The molecule has 2 rings (SSSR count). The molecule has 0 aliphatic carbocycles. The van der Waals surface area contributed by atoms with Crippen LogP contribution in [0.15, 0.2) is 35.3 Å². The highest BCUT2D eigenvalue weighted by atomic mass is 35.5. The monoisotopic (exact) mass is 372 g/mol. The smallest absolute Gasteiger partial charge is 0.145 e. The van der Waals surface area contributed by atoms with Crippen molar-refractivity contribution in [2.45, 2.75) is 13.3 Å². The van der Waals surface area contributed by atoms with E-state index < -0.39 is 5.82 Å². The number of hydrogen-bond donors (Lipinski definition) is 0. The average Bonchev–Trinajstić information content (AvgIpc) is 2.53. The van der Waals surface area contributed by atoms with Crippen LogP contribution in [0.25, 0.3) is 0 Å². The number of aliphatic imine (C=N–C) groups is 1. The van der Waals surface area contributed by atoms with E-state index in [9.17, 15) is 4.39 Å². The third-order valence-corrected chi connectivity index (χ3v) is 4.37. The van der Waals surface area contributed by atoms with Gasteiger partial charge in [-0.2, -0.15) is 0 Å². The van der Waals surface area contributed by atoms with Crippen LogP contribution in [0.2, 0.25) is 15.1 Å². The summed E-state index contributed by atoms with van der Waals surface area (Å²) in [4.78, 5) is 6.22. The summed E-state index contributed by atoms with van der Waals surface area (Å²) in [6.07, 6.45) is 2.00. The molecule has 0 saturated heterocycles. The van der Waals surface area contributed by atoms with Crippen molar-refractivity contribution in [3.63, 3.8) is 0 Å². The summed E-state index contributed by atoms with van der Waals surface area (Å²) in [5.41, 5.74) is 1.77. The largest absolute Gasteiger partial charge is 0.366 e. The normalized spacial score (nSPS) is 11.2. The molecule has 0 bridgehead atoms. The molecule has 0 radical (unpaired) electrons. The average molecular weight is 374 g/mol. The van der Waals surface area contributed by atoms with Gasteiger partial charge in [-0.25, -0.2) is 9.38 Å². The molecule has 0 saturated carbocycles. The molecule has 2 aromatic rings. The van der Waals surface area contributed by atoms with E-state index >= 15 is 0 Å². The van der Waals surface area contributed by atoms with Gasteiger partial charge in [0.15, 0.2) is 0 Å². The third kappa shape index (κ3) is 4.60. The standard InChI is InChI=1S/C17H16Cl3FN2/c1-3-23(2)10-22-16-9-14(19)12(8-15(16)20)7-11-5-4-6-13(18)17(11)21/h4-6,8-10H,3,7H2,1-2H3/b22-10-. The Hall–Kier alpha value is -1.29. The fourth-order valence-corrected chi connectivity index (χ4v) is 2.60. The van der Waals surface area contributed by atoms with Crippen LogP contribution in [0.3, 0.4) is 0 Å². The fourth-order valence-electron chi connectivity index (χ4n) is 1.94. The quantitative estimate of drug-likeness (QED) is 0.464. The van der Waals surface area contributed by atoms with E-state index in [1.54, 1.807) is 30.6 Å². The van der Waals surface area contributed by atoms with Crippen molar-refractivity contribution in [3.8, 4) is 0 Å². The SMILES string of the molecule is CCN(C)/C=N\c1cc(Cl)c(Cc2cccc(Cl)c2F)cc1Cl. The van der Waals surface area contributed by atoms with Crippen molar-refractivity contribution in [1.29, 1.82) is 0 Å². The van der Waals surface area contributed by atoms with E-state index in [4.69, 9.17) is 34.8 Å². The molecule has 0 unspecified atom stereocenters. The van der Waals surface area contributed by atoms with Gasteiger partial charge in [-0.05, 0) is 36.2 Å². The Morgan fingerprint density at radius 1 is 1.09 bits per heavy atom. The molecule has 0 aliphatic rings. The van der Waals surface area contributed by atoms with Crippen LogP contribution in [-0.2, 0) is 6.42 Å². The van der Waals surface area contributed by atoms with Gasteiger partial charge in [-0.15, -0.1) is 0 Å². The van der Waals surface area contributed by atoms with Gasteiger partial charge in [0.05, 0.1) is 22.1 Å². The summed E-state index contributed by atoms with van der Waals surface area (Å²) in [7, 11) is 1.91. The first-order valence-corrected chi connectivity index (χ1v) is 8.21. The van der Waals surface area contributed by atoms with Gasteiger partial charge in [-0.1, -0.05) is 46.9 Å². The Bertz CT molecular complexity index is 732. The third-order valence-electron chi connectivity index (χ3n) is 3.42. The van der Waals surface area contributed by atoms with Crippen LogP contribution in [0.5, 0.6) is 0 Å². The molecule has 6 heteroatoms. The number of hydrogen-bond acceptors (Lipinski definition) is 1. The van der Waals surface area contributed by atoms with Crippen molar-refractivity contribution in [2.75, 3.05) is 13.6 Å². The molecular weight excluding hydrogens is 358 g/mol. The number of benzene rings is 2. The van der Waals surface area contributed by atoms with Gasteiger partial charge in [-0.3, -0.25) is 0 Å². The highest BCUT2D eigenvalue weighted by Crippen LogP contribution is 2.33. The molecule has 23 heavy (non-hydrogen) atoms. The van der Waals surface area contributed by atoms with Crippen molar-refractivity contribution < 1.29 is 4.39 Å². The lowest BCUT2D eigenvalue weighted by Crippen LogP contribution is -2.14. The van der Waals surface area contributed by atoms with Crippen LogP contribution in [0, 0.1) is 5.82 Å². The van der Waals surface area contributed by atoms with E-state index in [2.05, 4.69) is 4.99 Å². The second-order valence-corrected chi connectivity index (χ2v) is 6.32. The molecule has 0 N–H and O–H groups in total. The predicted molar refractivity (Wildman–Crippen MR) is 97.1 cm³/mol. The lowest BCUT2D eigenvalue weighted by Gasteiger charge is -2.11. The Labute approximate surface area is 150 Å². The zero-order valence-corrected chi connectivity index (χ0v) is 15.1. The van der Waals surface area contributed by atoms with Crippen molar-refractivity contribution in [1.82, 2.24) is 4.90 Å². The number of halogens is 4. The molecule has 0 aliphatic heterocycles. The molecule has 0 spiro atoms. The zero-order chi connectivity index (χ0) is 17.0. The van der Waals surface area contributed by atoms with Gasteiger partial charge in [0, 0.05) is 25.0 Å². The first-order valence-electron chi connectivity index (χ1n) is 7.07. The van der Waals surface area contributed by atoms with Gasteiger partial charge in [0.1, 0.15) is 5.82 Å². The molecule has 0 fully saturated rings. The van der Waals surface area contributed by atoms with E-state index in [0.717, 1.165) is 12.1 Å². The van der Waals surface area contributed by atoms with Gasteiger partial charge < -0.3 is 4.90 Å². The summed E-state index contributed by atoms with van der Waals surface area (Å²) >= 11 is 18.3. The van der Waals surface area contributed by atoms with Gasteiger partial charge in [0.2, 0.25) is 0 Å². The first-order chi connectivity index (χ1) is 10.9. The maximum Gasteiger partial charge on any atom is 0.145 e. The maximum atomic E-state index is 14.0. The predicted octanol–water partition coefficient (Wildman–Crippen LogP) is 5.99. The summed E-state index contributed by atoms with van der Waals surface area (Å²) < 4.78 is 14.0. The molecule has 2 aromatic carbocycles. The number of nitrogens with zero attached hydrogens (tertiary/aromatic N) is 2. The molecule has 0 aromatic heterocycles. The van der Waals surface area contributed by atoms with E-state index in [1.807, 2.05) is 18.9 Å². The maximum absolute atomic E-state index is 14.0. The summed E-state index contributed by atoms with van der Waals surface area (Å²) in [6, 6.07) is 8.28. The van der Waals surface area contributed by atoms with Crippen LogP contribution < -0.4 is 0 Å². The first kappa shape index (κ1) is 18.1. The second kappa shape index (κ2) is 8.00. The van der Waals surface area contributed by atoms with E-state index in [1.165, 1.54) is 6.07 Å². The van der Waals surface area contributed by atoms with E-state index in [0.29, 0.717) is 27.7 Å². The molecule has 0 atom stereocenters. The minimum absolute atomic E-state index is 0.0912. The van der Waals surface area contributed by atoms with Crippen molar-refractivity contribution >= 4 is 46.8 Å². The van der Waals surface area contributed by atoms with Gasteiger partial charge in [0.25, 0.3) is 0 Å². The highest BCUT2D eigenvalue weighted by molar-refractivity contribution is 6.35. The molecule has 0 amide bonds. The van der Waals surface area contributed by atoms with Crippen LogP contribution in [-0.4, -0.2) is 24.8 Å². The second-order valence-electron chi connectivity index (χ2n) is 5.10. The Kier molecular flexibility index (Phi) is 6.28. The van der Waals surface area contributed by atoms with E-state index in [-0.39, 0.29) is 5.02 Å². The van der Waals surface area contributed by atoms with Crippen molar-refractivity contribution in [2.24, 2.45) is 4.99 Å². The summed E-state index contributed by atoms with van der Waals surface area (Å²) in [6.45, 7) is 2.85. The molecule has 2 nitrogen and oxygen atoms in total. The van der Waals surface area contributed by atoms with Gasteiger partial charge >= 0.3 is 0 Å². The Morgan fingerprint density at radius 3 is 2.52 bits per heavy atom. The Morgan fingerprint density at radius 2 is 1.83 bits per heavy atom. The summed E-state index contributed by atoms with van der Waals surface area (Å²) in [5, 5.41) is 1.04. The molecule has 122 valence electrons. The highest BCUT2D eigenvalue weighted by Gasteiger charge is 2.11. The minimum atomic E-state index is -0.437. The van der Waals surface area contributed by atoms with Crippen LogP contribution >= 0.6 is 34.8 Å². The molecular formula is C17H16Cl3FN2. The minimum Gasteiger partial charge on any atom is -0.366 e. The Balaban J connectivity index is 2.30. The van der Waals surface area contributed by atoms with Crippen LogP contribution in [0.4, 0.5) is 10.1 Å². The van der Waals surface area contributed by atoms with Crippen LogP contribution in [0.1, 0.15) is 18.1 Å². The zero-order valence-electron chi connectivity index (χ0n) is 12.8. The lowest BCUT2D eigenvalue weighted by molar-refractivity contribution is 0.552. The molecule has 0 heterocycles. The lowest BCUT2D eigenvalue weighted by atomic mass is 10.0.